The summed E-state index contributed by atoms with van der Waals surface area (Å²) in [4.78, 5) is 0. The van der Waals surface area contributed by atoms with Gasteiger partial charge in [0.1, 0.15) is 0 Å². The van der Waals surface area contributed by atoms with Crippen molar-refractivity contribution in [3.8, 4) is 22.3 Å². The van der Waals surface area contributed by atoms with E-state index in [4.69, 9.17) is 0 Å². The molecule has 0 amide bonds. The molecule has 140 valence electrons. The Morgan fingerprint density at radius 2 is 1.00 bits per heavy atom. The summed E-state index contributed by atoms with van der Waals surface area (Å²) in [6.45, 7) is 1.93. The van der Waals surface area contributed by atoms with Gasteiger partial charge in [0.15, 0.2) is 0 Å². The summed E-state index contributed by atoms with van der Waals surface area (Å²) in [5, 5.41) is 0. The van der Waals surface area contributed by atoms with E-state index < -0.39 is 23.5 Å². The zero-order chi connectivity index (χ0) is 19.8. The zero-order valence-corrected chi connectivity index (χ0v) is 14.1. The van der Waals surface area contributed by atoms with Gasteiger partial charge in [-0.2, -0.15) is 26.3 Å². The lowest BCUT2D eigenvalue weighted by atomic mass is 9.96. The summed E-state index contributed by atoms with van der Waals surface area (Å²) < 4.78 is 78.0. The van der Waals surface area contributed by atoms with Gasteiger partial charge in [-0.05, 0) is 47.4 Å². The monoisotopic (exact) mass is 380 g/mol. The van der Waals surface area contributed by atoms with E-state index in [0.29, 0.717) is 0 Å². The minimum atomic E-state index is -4.86. The quantitative estimate of drug-likeness (QED) is 0.407. The van der Waals surface area contributed by atoms with E-state index in [1.165, 1.54) is 12.1 Å². The Balaban J connectivity index is 2.05. The molecule has 0 aliphatic rings. The van der Waals surface area contributed by atoms with E-state index in [-0.39, 0.29) is 17.2 Å². The predicted octanol–water partition coefficient (Wildman–Crippen LogP) is 7.37. The van der Waals surface area contributed by atoms with Gasteiger partial charge in [0.25, 0.3) is 0 Å². The molecular weight excluding hydrogens is 366 g/mol. The fourth-order valence-electron chi connectivity index (χ4n) is 2.80. The smallest absolute Gasteiger partial charge is 0.166 e. The van der Waals surface area contributed by atoms with Crippen LogP contribution in [0.15, 0.2) is 66.7 Å². The van der Waals surface area contributed by atoms with Crippen LogP contribution in [-0.2, 0) is 12.4 Å². The molecule has 0 unspecified atom stereocenters. The number of hydrogen-bond donors (Lipinski definition) is 0. The van der Waals surface area contributed by atoms with Crippen LogP contribution < -0.4 is 0 Å². The lowest BCUT2D eigenvalue weighted by molar-refractivity contribution is -0.143. The van der Waals surface area contributed by atoms with Crippen LogP contribution in [-0.4, -0.2) is 0 Å². The topological polar surface area (TPSA) is 0 Å². The number of aryl methyl sites for hydroxylation is 1. The first-order valence-electron chi connectivity index (χ1n) is 8.01. The minimum absolute atomic E-state index is 0.130. The van der Waals surface area contributed by atoms with Crippen molar-refractivity contribution in [1.29, 1.82) is 0 Å². The van der Waals surface area contributed by atoms with E-state index in [9.17, 15) is 26.3 Å². The van der Waals surface area contributed by atoms with E-state index in [1.54, 1.807) is 12.1 Å². The van der Waals surface area contributed by atoms with Crippen molar-refractivity contribution in [1.82, 2.24) is 0 Å². The van der Waals surface area contributed by atoms with Crippen LogP contribution in [0.3, 0.4) is 0 Å². The Morgan fingerprint density at radius 3 is 1.44 bits per heavy atom. The van der Waals surface area contributed by atoms with E-state index >= 15 is 0 Å². The van der Waals surface area contributed by atoms with Crippen molar-refractivity contribution in [2.24, 2.45) is 0 Å². The fourth-order valence-corrected chi connectivity index (χ4v) is 2.80. The summed E-state index contributed by atoms with van der Waals surface area (Å²) in [7, 11) is 0. The molecule has 0 heterocycles. The fraction of sp³-hybridized carbons (Fsp3) is 0.143. The number of rotatable bonds is 2. The first-order chi connectivity index (χ1) is 12.5. The molecule has 0 aromatic heterocycles. The van der Waals surface area contributed by atoms with Crippen molar-refractivity contribution in [2.75, 3.05) is 0 Å². The summed E-state index contributed by atoms with van der Waals surface area (Å²) in [6, 6.07) is 15.6. The minimum Gasteiger partial charge on any atom is -0.166 e. The summed E-state index contributed by atoms with van der Waals surface area (Å²) >= 11 is 0. The molecule has 0 bridgehead atoms. The molecule has 0 nitrogen and oxygen atoms in total. The van der Waals surface area contributed by atoms with Gasteiger partial charge >= 0.3 is 12.4 Å². The van der Waals surface area contributed by atoms with Crippen LogP contribution in [0.5, 0.6) is 0 Å². The van der Waals surface area contributed by atoms with Gasteiger partial charge < -0.3 is 0 Å². The first kappa shape index (κ1) is 19.0. The third-order valence-electron chi connectivity index (χ3n) is 4.16. The molecule has 0 radical (unpaired) electrons. The molecule has 0 fully saturated rings. The Hall–Kier alpha value is -2.76. The third-order valence-corrected chi connectivity index (χ3v) is 4.16. The number of hydrogen-bond acceptors (Lipinski definition) is 0. The van der Waals surface area contributed by atoms with E-state index in [1.807, 2.05) is 31.2 Å². The molecule has 3 aromatic rings. The molecule has 0 aliphatic carbocycles. The number of alkyl halides is 6. The molecule has 0 aliphatic heterocycles. The molecule has 0 atom stereocenters. The van der Waals surface area contributed by atoms with Crippen molar-refractivity contribution in [3.05, 3.63) is 83.4 Å². The average Bonchev–Trinajstić information content (AvgIpc) is 2.60. The van der Waals surface area contributed by atoms with E-state index in [2.05, 4.69) is 0 Å². The highest BCUT2D eigenvalue weighted by Crippen LogP contribution is 2.38. The van der Waals surface area contributed by atoms with E-state index in [0.717, 1.165) is 28.8 Å². The molecule has 3 aromatic carbocycles. The van der Waals surface area contributed by atoms with Crippen molar-refractivity contribution in [2.45, 2.75) is 19.3 Å². The largest absolute Gasteiger partial charge is 0.416 e. The van der Waals surface area contributed by atoms with Crippen LogP contribution in [0.2, 0.25) is 0 Å². The molecule has 3 rings (SSSR count). The average molecular weight is 380 g/mol. The molecule has 27 heavy (non-hydrogen) atoms. The highest BCUT2D eigenvalue weighted by atomic mass is 19.4. The Bertz CT molecular complexity index is 917. The van der Waals surface area contributed by atoms with Crippen molar-refractivity contribution >= 4 is 0 Å². The SMILES string of the molecule is Cc1cccc(-c2ccc(-c3cc(C(F)(F)F)cc(C(F)(F)F)c3)cc2)c1. The maximum atomic E-state index is 13.0. The van der Waals surface area contributed by atoms with Gasteiger partial charge in [0.05, 0.1) is 11.1 Å². The summed E-state index contributed by atoms with van der Waals surface area (Å²) in [5.41, 5.74) is 0.289. The van der Waals surface area contributed by atoms with Gasteiger partial charge in [0, 0.05) is 0 Å². The lowest BCUT2D eigenvalue weighted by Crippen LogP contribution is -2.11. The van der Waals surface area contributed by atoms with Crippen molar-refractivity contribution < 1.29 is 26.3 Å². The number of benzene rings is 3. The Kier molecular flexibility index (Phi) is 4.76. The molecule has 0 saturated heterocycles. The van der Waals surface area contributed by atoms with Gasteiger partial charge in [-0.15, -0.1) is 0 Å². The highest BCUT2D eigenvalue weighted by Gasteiger charge is 2.36. The number of halogens is 6. The molecule has 0 spiro atoms. The maximum absolute atomic E-state index is 13.0. The second-order valence-corrected chi connectivity index (χ2v) is 6.24. The predicted molar refractivity (Wildman–Crippen MR) is 92.1 cm³/mol. The normalized spacial score (nSPS) is 12.3. The van der Waals surface area contributed by atoms with Gasteiger partial charge in [-0.25, -0.2) is 0 Å². The second-order valence-electron chi connectivity index (χ2n) is 6.24. The van der Waals surface area contributed by atoms with Crippen molar-refractivity contribution in [3.63, 3.8) is 0 Å². The van der Waals surface area contributed by atoms with Crippen LogP contribution in [0.25, 0.3) is 22.3 Å². The molecule has 0 N–H and O–H groups in total. The van der Waals surface area contributed by atoms with Crippen LogP contribution in [0.4, 0.5) is 26.3 Å². The standard InChI is InChI=1S/C21H14F6/c1-13-3-2-4-16(9-13)14-5-7-15(8-6-14)17-10-18(20(22,23)24)12-19(11-17)21(25,26)27/h2-12H,1H3. The van der Waals surface area contributed by atoms with Gasteiger partial charge in [-0.3, -0.25) is 0 Å². The third kappa shape index (κ3) is 4.32. The highest BCUT2D eigenvalue weighted by molar-refractivity contribution is 5.71. The zero-order valence-electron chi connectivity index (χ0n) is 14.1. The van der Waals surface area contributed by atoms with Crippen LogP contribution >= 0.6 is 0 Å². The Morgan fingerprint density at radius 1 is 0.519 bits per heavy atom. The van der Waals surface area contributed by atoms with Gasteiger partial charge in [0.2, 0.25) is 0 Å². The first-order valence-corrected chi connectivity index (χ1v) is 8.01. The Labute approximate surface area is 152 Å². The van der Waals surface area contributed by atoms with Crippen LogP contribution in [0, 0.1) is 6.92 Å². The molecular formula is C21H14F6. The lowest BCUT2D eigenvalue weighted by Gasteiger charge is -2.14. The second kappa shape index (κ2) is 6.76. The molecule has 6 heteroatoms. The van der Waals surface area contributed by atoms with Crippen LogP contribution in [0.1, 0.15) is 16.7 Å². The summed E-state index contributed by atoms with van der Waals surface area (Å²) in [6.07, 6.45) is -9.73. The summed E-state index contributed by atoms with van der Waals surface area (Å²) in [5.74, 6) is 0. The molecule has 0 saturated carbocycles. The van der Waals surface area contributed by atoms with Gasteiger partial charge in [-0.1, -0.05) is 54.1 Å². The maximum Gasteiger partial charge on any atom is 0.416 e.